The van der Waals surface area contributed by atoms with E-state index in [1.165, 1.54) is 18.2 Å². The second kappa shape index (κ2) is 14.4. The van der Waals surface area contributed by atoms with Crippen LogP contribution in [0.1, 0.15) is 56.1 Å². The third kappa shape index (κ3) is 8.08. The molecule has 1 aliphatic heterocycles. The van der Waals surface area contributed by atoms with Crippen LogP contribution in [0.15, 0.2) is 40.9 Å². The number of aliphatic hydroxyl groups excluding tert-OH is 1. The summed E-state index contributed by atoms with van der Waals surface area (Å²) < 4.78 is 33.6. The number of pyridine rings is 1. The summed E-state index contributed by atoms with van der Waals surface area (Å²) in [5, 5.41) is 16.8. The molecule has 2 aromatic carbocycles. The van der Waals surface area contributed by atoms with Gasteiger partial charge >= 0.3 is 12.0 Å². The monoisotopic (exact) mass is 666 g/mol. The fourth-order valence-electron chi connectivity index (χ4n) is 5.07. The third-order valence-electron chi connectivity index (χ3n) is 7.24. The Kier molecular flexibility index (Phi) is 11.0. The second-order valence-corrected chi connectivity index (χ2v) is 11.7. The molecule has 1 saturated heterocycles. The van der Waals surface area contributed by atoms with Gasteiger partial charge in [-0.05, 0) is 68.1 Å². The smallest absolute Gasteiger partial charge is 0.319 e. The predicted octanol–water partition coefficient (Wildman–Crippen LogP) is 6.99. The third-order valence-corrected chi connectivity index (χ3v) is 8.08. The lowest BCUT2D eigenvalue weighted by Gasteiger charge is -2.23. The van der Waals surface area contributed by atoms with E-state index in [1.54, 1.807) is 6.92 Å². The van der Waals surface area contributed by atoms with Gasteiger partial charge in [0.05, 0.1) is 17.3 Å². The van der Waals surface area contributed by atoms with Gasteiger partial charge in [0.25, 0.3) is 0 Å². The summed E-state index contributed by atoms with van der Waals surface area (Å²) >= 11 is 9.85. The zero-order valence-corrected chi connectivity index (χ0v) is 25.8. The van der Waals surface area contributed by atoms with Gasteiger partial charge < -0.3 is 25.4 Å². The van der Waals surface area contributed by atoms with Crippen LogP contribution < -0.4 is 15.5 Å². The highest BCUT2D eigenvalue weighted by molar-refractivity contribution is 9.10. The van der Waals surface area contributed by atoms with E-state index in [0.29, 0.717) is 48.5 Å². The number of fused-ring (bicyclic) bond motifs is 1. The number of ether oxygens (including phenoxy) is 1. The van der Waals surface area contributed by atoms with Crippen LogP contribution in [0.2, 0.25) is 5.02 Å². The van der Waals surface area contributed by atoms with Crippen molar-refractivity contribution in [2.24, 2.45) is 0 Å². The summed E-state index contributed by atoms with van der Waals surface area (Å²) in [7, 11) is 0. The fourth-order valence-corrected chi connectivity index (χ4v) is 5.70. The average Bonchev–Trinajstić information content (AvgIpc) is 3.37. The number of carbonyl (C=O) groups excluding carboxylic acids is 2. The standard InChI is InChI=1S/C30H34BrClF2N4O4/c1-3-4-26(34)42-27(40)10-5-18(22-14-20(33)7-8-24(22)32)15-35-30(41)37-28-17(2)29(38-12-11-21(39)16-38)36-25-9-6-19(31)13-23(25)28/h6-9,13-14,18,21,26,39H,3-5,10-12,15-16H2,1-2H3,(H2,35,36,37,41). The van der Waals surface area contributed by atoms with Crippen LogP contribution in [0.25, 0.3) is 10.9 Å². The number of anilines is 2. The van der Waals surface area contributed by atoms with Crippen molar-refractivity contribution in [2.45, 2.75) is 64.3 Å². The van der Waals surface area contributed by atoms with Gasteiger partial charge in [-0.25, -0.2) is 18.6 Å². The van der Waals surface area contributed by atoms with Gasteiger partial charge in [-0.1, -0.05) is 34.5 Å². The highest BCUT2D eigenvalue weighted by atomic mass is 79.9. The first-order chi connectivity index (χ1) is 20.0. The molecular weight excluding hydrogens is 634 g/mol. The van der Waals surface area contributed by atoms with Gasteiger partial charge in [0.15, 0.2) is 0 Å². The van der Waals surface area contributed by atoms with Crippen molar-refractivity contribution in [3.63, 3.8) is 0 Å². The summed E-state index contributed by atoms with van der Waals surface area (Å²) in [4.78, 5) is 32.3. The number of nitrogens with one attached hydrogen (secondary N) is 2. The number of halogens is 4. The van der Waals surface area contributed by atoms with Crippen molar-refractivity contribution in [2.75, 3.05) is 29.9 Å². The van der Waals surface area contributed by atoms with Gasteiger partial charge in [0, 0.05) is 58.8 Å². The Morgan fingerprint density at radius 1 is 1.26 bits per heavy atom. The Balaban J connectivity index is 1.53. The largest absolute Gasteiger partial charge is 0.431 e. The Morgan fingerprint density at radius 3 is 2.76 bits per heavy atom. The van der Waals surface area contributed by atoms with Gasteiger partial charge in [0.2, 0.25) is 6.36 Å². The molecule has 8 nitrogen and oxygen atoms in total. The molecule has 3 unspecified atom stereocenters. The minimum Gasteiger partial charge on any atom is -0.431 e. The van der Waals surface area contributed by atoms with E-state index in [0.717, 1.165) is 15.4 Å². The number of alkyl halides is 1. The summed E-state index contributed by atoms with van der Waals surface area (Å²) in [6.45, 7) is 4.75. The lowest BCUT2D eigenvalue weighted by Crippen LogP contribution is -2.33. The number of aromatic nitrogens is 1. The van der Waals surface area contributed by atoms with Crippen LogP contribution in [0, 0.1) is 12.7 Å². The molecule has 12 heteroatoms. The highest BCUT2D eigenvalue weighted by Crippen LogP contribution is 2.35. The lowest BCUT2D eigenvalue weighted by molar-refractivity contribution is -0.158. The topological polar surface area (TPSA) is 104 Å². The van der Waals surface area contributed by atoms with Gasteiger partial charge in [-0.2, -0.15) is 0 Å². The van der Waals surface area contributed by atoms with Crippen molar-refractivity contribution in [3.05, 3.63) is 62.8 Å². The first kappa shape index (κ1) is 31.9. The molecule has 3 atom stereocenters. The fraction of sp³-hybridized carbons (Fsp3) is 0.433. The number of nitrogens with zero attached hydrogens (tertiary/aromatic N) is 2. The van der Waals surface area contributed by atoms with E-state index in [4.69, 9.17) is 21.3 Å². The van der Waals surface area contributed by atoms with Crippen molar-refractivity contribution in [1.29, 1.82) is 0 Å². The lowest BCUT2D eigenvalue weighted by atomic mass is 9.94. The molecule has 0 bridgehead atoms. The first-order valence-electron chi connectivity index (χ1n) is 13.9. The van der Waals surface area contributed by atoms with Crippen LogP contribution in [0.4, 0.5) is 25.1 Å². The first-order valence-corrected chi connectivity index (χ1v) is 15.1. The number of amides is 2. The summed E-state index contributed by atoms with van der Waals surface area (Å²) in [6, 6.07) is 8.96. The minimum absolute atomic E-state index is 0.0211. The Morgan fingerprint density at radius 2 is 2.05 bits per heavy atom. The maximum absolute atomic E-state index is 14.1. The van der Waals surface area contributed by atoms with Crippen molar-refractivity contribution < 1.29 is 28.2 Å². The van der Waals surface area contributed by atoms with Crippen molar-refractivity contribution in [1.82, 2.24) is 10.3 Å². The zero-order valence-electron chi connectivity index (χ0n) is 23.4. The molecule has 0 saturated carbocycles. The van der Waals surface area contributed by atoms with E-state index in [2.05, 4.69) is 26.6 Å². The molecule has 1 aliphatic rings. The molecule has 1 aromatic heterocycles. The molecule has 0 radical (unpaired) electrons. The molecule has 3 N–H and O–H groups in total. The maximum atomic E-state index is 14.1. The molecule has 2 heterocycles. The van der Waals surface area contributed by atoms with Crippen LogP contribution in [0.5, 0.6) is 0 Å². The molecule has 0 aliphatic carbocycles. The number of β-amino-alcohol motifs (C(OH)–C–C–N with tert-alkyl or cyclic N) is 1. The Labute approximate surface area is 256 Å². The number of carbonyl (C=O) groups is 2. The number of benzene rings is 2. The van der Waals surface area contributed by atoms with Crippen molar-refractivity contribution in [3.8, 4) is 0 Å². The molecule has 3 aromatic rings. The summed E-state index contributed by atoms with van der Waals surface area (Å²) in [5.74, 6) is -1.11. The van der Waals surface area contributed by atoms with Crippen LogP contribution in [0.3, 0.4) is 0 Å². The molecular formula is C30H34BrClF2N4O4. The van der Waals surface area contributed by atoms with Crippen LogP contribution in [-0.2, 0) is 9.53 Å². The SMILES string of the molecule is CCCC(F)OC(=O)CCC(CNC(=O)Nc1c(C)c(N2CCC(O)C2)nc2ccc(Br)cc12)c1cc(F)ccc1Cl. The number of esters is 1. The van der Waals surface area contributed by atoms with E-state index in [-0.39, 0.29) is 30.8 Å². The zero-order chi connectivity index (χ0) is 30.4. The normalized spacial score (nSPS) is 16.4. The predicted molar refractivity (Wildman–Crippen MR) is 163 cm³/mol. The van der Waals surface area contributed by atoms with E-state index < -0.39 is 36.2 Å². The molecule has 0 spiro atoms. The van der Waals surface area contributed by atoms with Crippen LogP contribution >= 0.6 is 27.5 Å². The van der Waals surface area contributed by atoms with Gasteiger partial charge in [0.1, 0.15) is 11.6 Å². The molecule has 4 rings (SSSR count). The molecule has 1 fully saturated rings. The van der Waals surface area contributed by atoms with Gasteiger partial charge in [-0.15, -0.1) is 0 Å². The average molecular weight is 668 g/mol. The summed E-state index contributed by atoms with van der Waals surface area (Å²) in [6.07, 6.45) is -0.866. The van der Waals surface area contributed by atoms with E-state index in [9.17, 15) is 23.5 Å². The Bertz CT molecular complexity index is 1450. The van der Waals surface area contributed by atoms with Crippen LogP contribution in [-0.4, -0.2) is 54.2 Å². The number of urea groups is 1. The second-order valence-electron chi connectivity index (χ2n) is 10.4. The number of rotatable bonds is 11. The van der Waals surface area contributed by atoms with E-state index >= 15 is 0 Å². The maximum Gasteiger partial charge on any atom is 0.319 e. The van der Waals surface area contributed by atoms with Crippen molar-refractivity contribution >= 4 is 61.9 Å². The quantitative estimate of drug-likeness (QED) is 0.191. The molecule has 42 heavy (non-hydrogen) atoms. The number of hydrogen-bond donors (Lipinski definition) is 3. The molecule has 226 valence electrons. The molecule has 2 amide bonds. The van der Waals surface area contributed by atoms with Gasteiger partial charge in [-0.3, -0.25) is 4.79 Å². The van der Waals surface area contributed by atoms with E-state index in [1.807, 2.05) is 30.0 Å². The Hall–Kier alpha value is -3.02. The minimum atomic E-state index is -1.69. The number of hydrogen-bond acceptors (Lipinski definition) is 6. The summed E-state index contributed by atoms with van der Waals surface area (Å²) in [5.41, 5.74) is 2.39. The number of aliphatic hydroxyl groups is 1. The highest BCUT2D eigenvalue weighted by Gasteiger charge is 2.26.